The summed E-state index contributed by atoms with van der Waals surface area (Å²) >= 11 is 5.67. The van der Waals surface area contributed by atoms with Crippen LogP contribution in [0, 0.1) is 0 Å². The number of hydrogen-bond acceptors (Lipinski definition) is 4. The van der Waals surface area contributed by atoms with Crippen LogP contribution in [0.25, 0.3) is 0 Å². The zero-order valence-electron chi connectivity index (χ0n) is 10.8. The average molecular weight is 290 g/mol. The molecule has 4 nitrogen and oxygen atoms in total. The lowest BCUT2D eigenvalue weighted by atomic mass is 10.0. The Bertz CT molecular complexity index is 621. The van der Waals surface area contributed by atoms with E-state index in [1.807, 2.05) is 0 Å². The molecule has 102 valence electrons. The van der Waals surface area contributed by atoms with E-state index in [2.05, 4.69) is 4.98 Å². The van der Waals surface area contributed by atoms with Gasteiger partial charge in [-0.1, -0.05) is 23.7 Å². The molecule has 0 aliphatic carbocycles. The number of nitrogens with zero attached hydrogens (tertiary/aromatic N) is 1. The van der Waals surface area contributed by atoms with E-state index in [0.717, 1.165) is 0 Å². The van der Waals surface area contributed by atoms with Gasteiger partial charge in [-0.05, 0) is 31.2 Å². The fraction of sp³-hybridized carbons (Fsp3) is 0.133. The van der Waals surface area contributed by atoms with Crippen molar-refractivity contribution in [3.05, 3.63) is 64.4 Å². The number of aromatic nitrogens is 1. The summed E-state index contributed by atoms with van der Waals surface area (Å²) in [6.45, 7) is 2.05. The molecule has 1 aromatic carbocycles. The molecule has 0 unspecified atom stereocenters. The van der Waals surface area contributed by atoms with Crippen LogP contribution >= 0.6 is 11.6 Å². The highest BCUT2D eigenvalue weighted by Crippen LogP contribution is 2.13. The van der Waals surface area contributed by atoms with E-state index in [9.17, 15) is 9.59 Å². The molecule has 0 radical (unpaired) electrons. The molecule has 0 aliphatic rings. The molecule has 0 fully saturated rings. The summed E-state index contributed by atoms with van der Waals surface area (Å²) in [5, 5.41) is 0.333. The first kappa shape index (κ1) is 14.2. The molecule has 0 atom stereocenters. The summed E-state index contributed by atoms with van der Waals surface area (Å²) in [5.74, 6) is -0.579. The number of hydrogen-bond donors (Lipinski definition) is 0. The smallest absolute Gasteiger partial charge is 0.338 e. The van der Waals surface area contributed by atoms with Crippen LogP contribution < -0.4 is 0 Å². The van der Waals surface area contributed by atoms with E-state index < -0.39 is 5.97 Å². The van der Waals surface area contributed by atoms with Gasteiger partial charge in [0.1, 0.15) is 5.15 Å². The van der Waals surface area contributed by atoms with Crippen molar-refractivity contribution in [3.63, 3.8) is 0 Å². The van der Waals surface area contributed by atoms with Crippen LogP contribution in [0.5, 0.6) is 0 Å². The third kappa shape index (κ3) is 3.22. The second kappa shape index (κ2) is 6.30. The van der Waals surface area contributed by atoms with Crippen LogP contribution in [0.1, 0.15) is 33.2 Å². The highest BCUT2D eigenvalue weighted by molar-refractivity contribution is 6.29. The van der Waals surface area contributed by atoms with Crippen LogP contribution in [0.2, 0.25) is 5.15 Å². The number of carbonyl (C=O) groups excluding carboxylic acids is 2. The molecule has 0 saturated heterocycles. The van der Waals surface area contributed by atoms with Gasteiger partial charge in [-0.15, -0.1) is 0 Å². The Morgan fingerprint density at radius 3 is 2.20 bits per heavy atom. The quantitative estimate of drug-likeness (QED) is 0.493. The van der Waals surface area contributed by atoms with Crippen molar-refractivity contribution in [2.24, 2.45) is 0 Å². The summed E-state index contributed by atoms with van der Waals surface area (Å²) < 4.78 is 4.88. The Labute approximate surface area is 121 Å². The number of carbonyl (C=O) groups is 2. The Hall–Kier alpha value is -2.20. The van der Waals surface area contributed by atoms with E-state index in [0.29, 0.717) is 28.5 Å². The molecule has 5 heteroatoms. The molecule has 0 spiro atoms. The summed E-state index contributed by atoms with van der Waals surface area (Å²) in [6.07, 6.45) is 1.42. The number of ketones is 1. The number of rotatable bonds is 4. The average Bonchev–Trinajstić information content (AvgIpc) is 2.48. The maximum Gasteiger partial charge on any atom is 0.338 e. The van der Waals surface area contributed by atoms with Gasteiger partial charge >= 0.3 is 5.97 Å². The summed E-state index contributed by atoms with van der Waals surface area (Å²) in [5.41, 5.74) is 1.33. The van der Waals surface area contributed by atoms with Crippen molar-refractivity contribution in [2.75, 3.05) is 6.61 Å². The molecule has 1 heterocycles. The zero-order valence-corrected chi connectivity index (χ0v) is 11.6. The van der Waals surface area contributed by atoms with Gasteiger partial charge in [-0.25, -0.2) is 9.78 Å². The number of esters is 1. The topological polar surface area (TPSA) is 56.3 Å². The largest absolute Gasteiger partial charge is 0.462 e. The summed E-state index contributed by atoms with van der Waals surface area (Å²) in [6, 6.07) is 9.47. The van der Waals surface area contributed by atoms with Crippen LogP contribution in [0.3, 0.4) is 0 Å². The molecule has 0 saturated carbocycles. The molecule has 2 aromatic rings. The van der Waals surface area contributed by atoms with Crippen molar-refractivity contribution < 1.29 is 14.3 Å². The van der Waals surface area contributed by atoms with Crippen LogP contribution in [-0.4, -0.2) is 23.3 Å². The zero-order chi connectivity index (χ0) is 14.5. The summed E-state index contributed by atoms with van der Waals surface area (Å²) in [7, 11) is 0. The first-order chi connectivity index (χ1) is 9.61. The maximum absolute atomic E-state index is 12.2. The molecule has 0 N–H and O–H groups in total. The molecule has 2 rings (SSSR count). The number of ether oxygens (including phenoxy) is 1. The normalized spacial score (nSPS) is 10.1. The molecule has 0 amide bonds. The lowest BCUT2D eigenvalue weighted by Gasteiger charge is -2.04. The van der Waals surface area contributed by atoms with E-state index >= 15 is 0 Å². The van der Waals surface area contributed by atoms with Crippen molar-refractivity contribution >= 4 is 23.4 Å². The van der Waals surface area contributed by atoms with Gasteiger partial charge in [0.2, 0.25) is 0 Å². The highest BCUT2D eigenvalue weighted by Gasteiger charge is 2.11. The van der Waals surface area contributed by atoms with Crippen molar-refractivity contribution in [3.8, 4) is 0 Å². The monoisotopic (exact) mass is 289 g/mol. The second-order valence-electron chi connectivity index (χ2n) is 4.00. The van der Waals surface area contributed by atoms with Gasteiger partial charge in [-0.2, -0.15) is 0 Å². The third-order valence-electron chi connectivity index (χ3n) is 2.65. The molecular weight excluding hydrogens is 278 g/mol. The maximum atomic E-state index is 12.2. The fourth-order valence-corrected chi connectivity index (χ4v) is 1.76. The fourth-order valence-electron chi connectivity index (χ4n) is 1.65. The second-order valence-corrected chi connectivity index (χ2v) is 4.38. The number of benzene rings is 1. The first-order valence-electron chi connectivity index (χ1n) is 6.05. The molecule has 1 aromatic heterocycles. The van der Waals surface area contributed by atoms with Crippen molar-refractivity contribution in [1.29, 1.82) is 0 Å². The molecule has 0 bridgehead atoms. The van der Waals surface area contributed by atoms with Gasteiger partial charge in [-0.3, -0.25) is 4.79 Å². The van der Waals surface area contributed by atoms with Crippen molar-refractivity contribution in [2.45, 2.75) is 6.92 Å². The number of halogens is 1. The van der Waals surface area contributed by atoms with Gasteiger partial charge < -0.3 is 4.74 Å². The molecule has 0 aliphatic heterocycles. The van der Waals surface area contributed by atoms with E-state index in [4.69, 9.17) is 16.3 Å². The third-order valence-corrected chi connectivity index (χ3v) is 2.87. The predicted molar refractivity (Wildman–Crippen MR) is 75.1 cm³/mol. The lowest BCUT2D eigenvalue weighted by Crippen LogP contribution is -2.06. The van der Waals surface area contributed by atoms with E-state index in [1.165, 1.54) is 6.20 Å². The van der Waals surface area contributed by atoms with Gasteiger partial charge in [0.15, 0.2) is 5.78 Å². The number of pyridine rings is 1. The van der Waals surface area contributed by atoms with E-state index in [-0.39, 0.29) is 5.78 Å². The van der Waals surface area contributed by atoms with Crippen LogP contribution in [0.4, 0.5) is 0 Å². The molecule has 20 heavy (non-hydrogen) atoms. The van der Waals surface area contributed by atoms with Crippen LogP contribution in [-0.2, 0) is 4.74 Å². The minimum atomic E-state index is -0.403. The predicted octanol–water partition coefficient (Wildman–Crippen LogP) is 3.14. The Morgan fingerprint density at radius 1 is 1.05 bits per heavy atom. The Kier molecular flexibility index (Phi) is 4.48. The van der Waals surface area contributed by atoms with Crippen molar-refractivity contribution in [1.82, 2.24) is 4.98 Å². The highest BCUT2D eigenvalue weighted by atomic mass is 35.5. The van der Waals surface area contributed by atoms with Gasteiger partial charge in [0, 0.05) is 17.3 Å². The van der Waals surface area contributed by atoms with Gasteiger partial charge in [0.05, 0.1) is 12.2 Å². The first-order valence-corrected chi connectivity index (χ1v) is 6.43. The minimum absolute atomic E-state index is 0.176. The minimum Gasteiger partial charge on any atom is -0.462 e. The molecular formula is C15H12ClNO3. The Morgan fingerprint density at radius 2 is 1.65 bits per heavy atom. The van der Waals surface area contributed by atoms with Gasteiger partial charge in [0.25, 0.3) is 0 Å². The standard InChI is InChI=1S/C15H12ClNO3/c1-2-20-15(19)11-5-3-10(4-6-11)14(18)12-7-8-13(16)17-9-12/h3-9H,2H2,1H3. The Balaban J connectivity index is 2.19. The SMILES string of the molecule is CCOC(=O)c1ccc(C(=O)c2ccc(Cl)nc2)cc1. The van der Waals surface area contributed by atoms with E-state index in [1.54, 1.807) is 43.3 Å². The lowest BCUT2D eigenvalue weighted by molar-refractivity contribution is 0.0526. The summed E-state index contributed by atoms with van der Waals surface area (Å²) in [4.78, 5) is 27.5. The van der Waals surface area contributed by atoms with Crippen LogP contribution in [0.15, 0.2) is 42.6 Å².